The highest BCUT2D eigenvalue weighted by Crippen LogP contribution is 2.16. The van der Waals surface area contributed by atoms with E-state index in [0.717, 1.165) is 5.56 Å². The minimum absolute atomic E-state index is 0.191. The molecule has 1 unspecified atom stereocenters. The molecule has 8 heteroatoms. The predicted molar refractivity (Wildman–Crippen MR) is 78.8 cm³/mol. The number of rotatable bonds is 5. The van der Waals surface area contributed by atoms with Gasteiger partial charge in [0.25, 0.3) is 0 Å². The fraction of sp³-hybridized carbons (Fsp3) is 0.214. The van der Waals surface area contributed by atoms with Crippen molar-refractivity contribution in [2.45, 2.75) is 12.5 Å². The normalized spacial score (nSPS) is 12.0. The standard InChI is InChI=1S/C14H15N7O/c1-20-9-12(8-16-20)17-14(22)13(21-10-15-18-19-21)7-11-5-3-2-4-6-11/h2-6,8-10,13H,7H2,1H3,(H,17,22). The molecule has 0 aliphatic heterocycles. The van der Waals surface area contributed by atoms with Crippen LogP contribution in [0.5, 0.6) is 0 Å². The summed E-state index contributed by atoms with van der Waals surface area (Å²) in [5.74, 6) is -0.191. The van der Waals surface area contributed by atoms with Gasteiger partial charge in [-0.15, -0.1) is 5.10 Å². The lowest BCUT2D eigenvalue weighted by atomic mass is 10.1. The van der Waals surface area contributed by atoms with Crippen LogP contribution in [0.15, 0.2) is 49.1 Å². The van der Waals surface area contributed by atoms with Crippen LogP contribution in [0.2, 0.25) is 0 Å². The summed E-state index contributed by atoms with van der Waals surface area (Å²) in [5.41, 5.74) is 1.67. The number of benzene rings is 1. The van der Waals surface area contributed by atoms with E-state index in [0.29, 0.717) is 12.1 Å². The van der Waals surface area contributed by atoms with E-state index in [9.17, 15) is 4.79 Å². The summed E-state index contributed by atoms with van der Waals surface area (Å²) in [7, 11) is 1.79. The Morgan fingerprint density at radius 2 is 2.14 bits per heavy atom. The molecule has 3 rings (SSSR count). The first-order chi connectivity index (χ1) is 10.7. The van der Waals surface area contributed by atoms with Crippen LogP contribution in [0.25, 0.3) is 0 Å². The highest BCUT2D eigenvalue weighted by molar-refractivity contribution is 5.93. The van der Waals surface area contributed by atoms with Crippen LogP contribution >= 0.6 is 0 Å². The molecule has 0 aliphatic carbocycles. The van der Waals surface area contributed by atoms with Crippen LogP contribution in [0, 0.1) is 0 Å². The Kier molecular flexibility index (Phi) is 3.90. The molecule has 22 heavy (non-hydrogen) atoms. The van der Waals surface area contributed by atoms with Crippen LogP contribution < -0.4 is 5.32 Å². The molecule has 0 fully saturated rings. The maximum absolute atomic E-state index is 12.6. The number of nitrogens with one attached hydrogen (secondary N) is 1. The molecule has 0 spiro atoms. The van der Waals surface area contributed by atoms with Gasteiger partial charge in [-0.2, -0.15) is 5.10 Å². The van der Waals surface area contributed by atoms with E-state index in [2.05, 4.69) is 25.9 Å². The number of hydrogen-bond donors (Lipinski definition) is 1. The second kappa shape index (κ2) is 6.17. The highest BCUT2D eigenvalue weighted by atomic mass is 16.2. The van der Waals surface area contributed by atoms with E-state index in [-0.39, 0.29) is 5.91 Å². The SMILES string of the molecule is Cn1cc(NC(=O)C(Cc2ccccc2)n2cnnn2)cn1. The minimum atomic E-state index is -0.530. The molecule has 2 aromatic heterocycles. The zero-order valence-corrected chi connectivity index (χ0v) is 12.0. The Morgan fingerprint density at radius 1 is 1.32 bits per heavy atom. The lowest BCUT2D eigenvalue weighted by molar-refractivity contribution is -0.119. The summed E-state index contributed by atoms with van der Waals surface area (Å²) in [6.45, 7) is 0. The number of tetrazole rings is 1. The Balaban J connectivity index is 1.80. The van der Waals surface area contributed by atoms with Crippen molar-refractivity contribution in [3.8, 4) is 0 Å². The van der Waals surface area contributed by atoms with Gasteiger partial charge in [0.1, 0.15) is 12.4 Å². The summed E-state index contributed by atoms with van der Waals surface area (Å²) in [6, 6.07) is 9.21. The van der Waals surface area contributed by atoms with E-state index < -0.39 is 6.04 Å². The van der Waals surface area contributed by atoms with Crippen LogP contribution in [0.4, 0.5) is 5.69 Å². The zero-order valence-electron chi connectivity index (χ0n) is 12.0. The number of amides is 1. The number of aryl methyl sites for hydroxylation is 1. The summed E-state index contributed by atoms with van der Waals surface area (Å²) < 4.78 is 3.08. The van der Waals surface area contributed by atoms with Gasteiger partial charge in [0, 0.05) is 19.7 Å². The average Bonchev–Trinajstić information content (AvgIpc) is 3.18. The van der Waals surface area contributed by atoms with Gasteiger partial charge in [-0.25, -0.2) is 4.68 Å². The molecule has 3 aromatic rings. The molecule has 0 aliphatic rings. The summed E-state index contributed by atoms with van der Waals surface area (Å²) in [6.07, 6.45) is 5.27. The molecule has 112 valence electrons. The molecule has 2 heterocycles. The highest BCUT2D eigenvalue weighted by Gasteiger charge is 2.22. The molecule has 1 amide bonds. The number of anilines is 1. The first-order valence-corrected chi connectivity index (χ1v) is 6.78. The Bertz CT molecular complexity index is 736. The van der Waals surface area contributed by atoms with Gasteiger partial charge in [-0.05, 0) is 16.0 Å². The van der Waals surface area contributed by atoms with Gasteiger partial charge in [0.2, 0.25) is 5.91 Å². The predicted octanol–water partition coefficient (Wildman–Crippen LogP) is 0.829. The molecule has 8 nitrogen and oxygen atoms in total. The molecule has 0 radical (unpaired) electrons. The Hall–Kier alpha value is -3.03. The maximum Gasteiger partial charge on any atom is 0.249 e. The van der Waals surface area contributed by atoms with Crippen LogP contribution in [-0.2, 0) is 18.3 Å². The number of carbonyl (C=O) groups excluding carboxylic acids is 1. The number of nitrogens with zero attached hydrogens (tertiary/aromatic N) is 6. The Labute approximate surface area is 126 Å². The van der Waals surface area contributed by atoms with Gasteiger partial charge >= 0.3 is 0 Å². The zero-order chi connectivity index (χ0) is 15.4. The van der Waals surface area contributed by atoms with E-state index in [1.165, 1.54) is 11.0 Å². The van der Waals surface area contributed by atoms with Crippen molar-refractivity contribution in [3.05, 3.63) is 54.6 Å². The molecule has 1 N–H and O–H groups in total. The van der Waals surface area contributed by atoms with Gasteiger partial charge in [0.15, 0.2) is 0 Å². The largest absolute Gasteiger partial charge is 0.322 e. The first-order valence-electron chi connectivity index (χ1n) is 6.78. The summed E-state index contributed by atoms with van der Waals surface area (Å²) >= 11 is 0. The van der Waals surface area contributed by atoms with Gasteiger partial charge in [-0.3, -0.25) is 9.48 Å². The average molecular weight is 297 g/mol. The topological polar surface area (TPSA) is 90.5 Å². The van der Waals surface area contributed by atoms with Gasteiger partial charge in [0.05, 0.1) is 11.9 Å². The lowest BCUT2D eigenvalue weighted by Crippen LogP contribution is -2.28. The molecule has 1 aromatic carbocycles. The van der Waals surface area contributed by atoms with Crippen molar-refractivity contribution < 1.29 is 4.79 Å². The third-order valence-corrected chi connectivity index (χ3v) is 3.23. The lowest BCUT2D eigenvalue weighted by Gasteiger charge is -2.15. The van der Waals surface area contributed by atoms with Gasteiger partial charge < -0.3 is 5.32 Å². The summed E-state index contributed by atoms with van der Waals surface area (Å²) in [4.78, 5) is 12.6. The van der Waals surface area contributed by atoms with Gasteiger partial charge in [-0.1, -0.05) is 30.3 Å². The van der Waals surface area contributed by atoms with Crippen LogP contribution in [-0.4, -0.2) is 35.9 Å². The van der Waals surface area contributed by atoms with Crippen LogP contribution in [0.3, 0.4) is 0 Å². The van der Waals surface area contributed by atoms with Crippen molar-refractivity contribution >= 4 is 11.6 Å². The van der Waals surface area contributed by atoms with Crippen molar-refractivity contribution in [2.75, 3.05) is 5.32 Å². The fourth-order valence-electron chi connectivity index (χ4n) is 2.17. The molecular formula is C14H15N7O. The first kappa shape index (κ1) is 13.9. The third kappa shape index (κ3) is 3.17. The van der Waals surface area contributed by atoms with Crippen LogP contribution in [0.1, 0.15) is 11.6 Å². The molecule has 0 saturated heterocycles. The van der Waals surface area contributed by atoms with E-state index in [1.54, 1.807) is 24.1 Å². The Morgan fingerprint density at radius 3 is 2.77 bits per heavy atom. The molecule has 0 bridgehead atoms. The number of carbonyl (C=O) groups is 1. The fourth-order valence-corrected chi connectivity index (χ4v) is 2.17. The van der Waals surface area contributed by atoms with Crippen molar-refractivity contribution in [3.63, 3.8) is 0 Å². The second-order valence-corrected chi connectivity index (χ2v) is 4.89. The quantitative estimate of drug-likeness (QED) is 0.753. The van der Waals surface area contributed by atoms with Crippen molar-refractivity contribution in [1.82, 2.24) is 30.0 Å². The minimum Gasteiger partial charge on any atom is -0.322 e. The second-order valence-electron chi connectivity index (χ2n) is 4.89. The number of hydrogen-bond acceptors (Lipinski definition) is 5. The molecule has 1 atom stereocenters. The summed E-state index contributed by atoms with van der Waals surface area (Å²) in [5, 5.41) is 17.9. The van der Waals surface area contributed by atoms with E-state index >= 15 is 0 Å². The smallest absolute Gasteiger partial charge is 0.249 e. The maximum atomic E-state index is 12.6. The van der Waals surface area contributed by atoms with E-state index in [1.807, 2.05) is 30.3 Å². The van der Waals surface area contributed by atoms with E-state index in [4.69, 9.17) is 0 Å². The molecule has 0 saturated carbocycles. The monoisotopic (exact) mass is 297 g/mol. The number of aromatic nitrogens is 6. The third-order valence-electron chi connectivity index (χ3n) is 3.23. The van der Waals surface area contributed by atoms with Crippen molar-refractivity contribution in [2.24, 2.45) is 7.05 Å². The molecular weight excluding hydrogens is 282 g/mol. The van der Waals surface area contributed by atoms with Crippen molar-refractivity contribution in [1.29, 1.82) is 0 Å².